The number of carbonyl (C=O) groups is 1. The van der Waals surface area contributed by atoms with Gasteiger partial charge in [0.25, 0.3) is 12.3 Å². The molecule has 0 bridgehead atoms. The topological polar surface area (TPSA) is 72.7 Å². The van der Waals surface area contributed by atoms with Crippen molar-refractivity contribution in [2.75, 3.05) is 0 Å². The first-order chi connectivity index (χ1) is 13.8. The third-order valence-electron chi connectivity index (χ3n) is 5.07. The Morgan fingerprint density at radius 2 is 2.00 bits per heavy atom. The van der Waals surface area contributed by atoms with Gasteiger partial charge in [-0.1, -0.05) is 6.07 Å². The van der Waals surface area contributed by atoms with E-state index in [1.807, 2.05) is 0 Å². The van der Waals surface area contributed by atoms with Crippen LogP contribution in [-0.4, -0.2) is 31.9 Å². The maximum Gasteiger partial charge on any atom is 0.272 e. The van der Waals surface area contributed by atoms with Crippen molar-refractivity contribution in [2.45, 2.75) is 45.7 Å². The summed E-state index contributed by atoms with van der Waals surface area (Å²) in [6.45, 7) is 2.72. The minimum absolute atomic E-state index is 0.0377. The van der Waals surface area contributed by atoms with Crippen LogP contribution in [0.5, 0.6) is 0 Å². The Bertz CT molecular complexity index is 1060. The van der Waals surface area contributed by atoms with Gasteiger partial charge in [0.15, 0.2) is 5.82 Å². The van der Waals surface area contributed by atoms with Gasteiger partial charge in [0.05, 0.1) is 30.0 Å². The molecule has 0 aliphatic heterocycles. The van der Waals surface area contributed by atoms with Crippen LogP contribution in [0.4, 0.5) is 13.2 Å². The summed E-state index contributed by atoms with van der Waals surface area (Å²) in [6.07, 6.45) is 1.84. The van der Waals surface area contributed by atoms with Crippen molar-refractivity contribution >= 4 is 16.9 Å². The molecule has 1 aliphatic rings. The molecule has 29 heavy (non-hydrogen) atoms. The lowest BCUT2D eigenvalue weighted by Gasteiger charge is -2.19. The van der Waals surface area contributed by atoms with E-state index < -0.39 is 30.7 Å². The summed E-state index contributed by atoms with van der Waals surface area (Å²) in [6, 6.07) is 2.51. The van der Waals surface area contributed by atoms with Crippen LogP contribution in [0.3, 0.4) is 0 Å². The second-order valence-electron chi connectivity index (χ2n) is 7.37. The summed E-state index contributed by atoms with van der Waals surface area (Å²) in [7, 11) is 0. The predicted octanol–water partition coefficient (Wildman–Crippen LogP) is 3.73. The molecule has 6 nitrogen and oxygen atoms in total. The van der Waals surface area contributed by atoms with Gasteiger partial charge in [0, 0.05) is 6.20 Å². The molecule has 0 spiro atoms. The average Bonchev–Trinajstić information content (AvgIpc) is 3.46. The summed E-state index contributed by atoms with van der Waals surface area (Å²) in [5.41, 5.74) is 1.51. The molecule has 4 rings (SSSR count). The predicted molar refractivity (Wildman–Crippen MR) is 100 cm³/mol. The number of nitrogens with zero attached hydrogens (tertiary/aromatic N) is 4. The number of hydrogen-bond donors (Lipinski definition) is 1. The fraction of sp³-hybridized carbons (Fsp3) is 0.400. The van der Waals surface area contributed by atoms with Crippen molar-refractivity contribution in [3.63, 3.8) is 0 Å². The van der Waals surface area contributed by atoms with Crippen LogP contribution < -0.4 is 5.32 Å². The Hall–Kier alpha value is -2.97. The van der Waals surface area contributed by atoms with Gasteiger partial charge in [-0.25, -0.2) is 23.1 Å². The summed E-state index contributed by atoms with van der Waals surface area (Å²) < 4.78 is 42.5. The van der Waals surface area contributed by atoms with E-state index in [0.717, 1.165) is 12.8 Å². The number of benzene rings is 1. The summed E-state index contributed by atoms with van der Waals surface area (Å²) >= 11 is 0. The van der Waals surface area contributed by atoms with E-state index in [-0.39, 0.29) is 23.0 Å². The van der Waals surface area contributed by atoms with Gasteiger partial charge in [-0.3, -0.25) is 9.78 Å². The molecule has 1 amide bonds. The lowest BCUT2D eigenvalue weighted by atomic mass is 10.1. The monoisotopic (exact) mass is 403 g/mol. The zero-order valence-corrected chi connectivity index (χ0v) is 16.0. The van der Waals surface area contributed by atoms with E-state index in [0.29, 0.717) is 16.8 Å². The number of aromatic nitrogens is 4. The Kier molecular flexibility index (Phi) is 4.97. The van der Waals surface area contributed by atoms with Crippen molar-refractivity contribution in [3.8, 4) is 0 Å². The maximum atomic E-state index is 14.6. The number of carbonyl (C=O) groups excluding carboxylic acids is 1. The summed E-state index contributed by atoms with van der Waals surface area (Å²) in [5, 5.41) is 2.85. The third kappa shape index (κ3) is 3.81. The molecule has 0 saturated heterocycles. The molecule has 1 aliphatic carbocycles. The second-order valence-corrected chi connectivity index (χ2v) is 7.37. The number of amides is 1. The summed E-state index contributed by atoms with van der Waals surface area (Å²) in [4.78, 5) is 25.1. The van der Waals surface area contributed by atoms with E-state index in [4.69, 9.17) is 0 Å². The van der Waals surface area contributed by atoms with Crippen LogP contribution in [0.25, 0.3) is 11.0 Å². The molecule has 0 unspecified atom stereocenters. The van der Waals surface area contributed by atoms with Crippen molar-refractivity contribution in [1.29, 1.82) is 0 Å². The number of imidazole rings is 1. The highest BCUT2D eigenvalue weighted by Gasteiger charge is 2.38. The SMILES string of the molecule is Cc1cnc(C(=O)N[C@H](c2nc3c(F)c(C)ccc3n2CC(F)F)C2CC2)cn1. The van der Waals surface area contributed by atoms with Gasteiger partial charge in [-0.05, 0) is 44.2 Å². The molecule has 1 saturated carbocycles. The van der Waals surface area contributed by atoms with Crippen LogP contribution in [-0.2, 0) is 6.54 Å². The molecule has 152 valence electrons. The molecule has 9 heteroatoms. The van der Waals surface area contributed by atoms with Gasteiger partial charge in [0.2, 0.25) is 0 Å². The molecular weight excluding hydrogens is 383 g/mol. The third-order valence-corrected chi connectivity index (χ3v) is 5.07. The number of halogens is 3. The Labute approximate surface area is 165 Å². The van der Waals surface area contributed by atoms with Crippen LogP contribution in [0, 0.1) is 25.6 Å². The van der Waals surface area contributed by atoms with Crippen molar-refractivity contribution in [2.24, 2.45) is 5.92 Å². The van der Waals surface area contributed by atoms with Gasteiger partial charge < -0.3 is 9.88 Å². The van der Waals surface area contributed by atoms with Crippen LogP contribution >= 0.6 is 0 Å². The first kappa shape index (κ1) is 19.4. The number of nitrogens with one attached hydrogen (secondary N) is 1. The maximum absolute atomic E-state index is 14.6. The lowest BCUT2D eigenvalue weighted by molar-refractivity contribution is 0.0921. The van der Waals surface area contributed by atoms with E-state index in [1.165, 1.54) is 23.0 Å². The Balaban J connectivity index is 1.76. The number of fused-ring (bicyclic) bond motifs is 1. The van der Waals surface area contributed by atoms with Gasteiger partial charge in [-0.15, -0.1) is 0 Å². The largest absolute Gasteiger partial charge is 0.340 e. The molecule has 1 atom stereocenters. The number of hydrogen-bond acceptors (Lipinski definition) is 4. The first-order valence-electron chi connectivity index (χ1n) is 9.38. The van der Waals surface area contributed by atoms with Gasteiger partial charge in [0.1, 0.15) is 17.0 Å². The highest BCUT2D eigenvalue weighted by molar-refractivity contribution is 5.92. The average molecular weight is 403 g/mol. The molecule has 2 heterocycles. The molecule has 1 fully saturated rings. The van der Waals surface area contributed by atoms with Crippen molar-refractivity contribution in [3.05, 3.63) is 53.1 Å². The van der Waals surface area contributed by atoms with Gasteiger partial charge >= 0.3 is 0 Å². The first-order valence-corrected chi connectivity index (χ1v) is 9.38. The standard InChI is InChI=1S/C20H20F3N5O/c1-10-3-6-14-18(16(10)23)26-19(28(14)9-15(21)22)17(12-4-5-12)27-20(29)13-8-24-11(2)7-25-13/h3,6-8,12,15,17H,4-5,9H2,1-2H3,(H,27,29)/t17-/m0/s1. The zero-order chi connectivity index (χ0) is 20.7. The fourth-order valence-corrected chi connectivity index (χ4v) is 3.39. The van der Waals surface area contributed by atoms with Crippen LogP contribution in [0.1, 0.15) is 46.5 Å². The van der Waals surface area contributed by atoms with E-state index >= 15 is 0 Å². The highest BCUT2D eigenvalue weighted by atomic mass is 19.3. The lowest BCUT2D eigenvalue weighted by Crippen LogP contribution is -2.33. The number of aryl methyl sites for hydroxylation is 2. The Morgan fingerprint density at radius 1 is 1.24 bits per heavy atom. The number of alkyl halides is 2. The fourth-order valence-electron chi connectivity index (χ4n) is 3.39. The molecule has 3 aromatic rings. The minimum Gasteiger partial charge on any atom is -0.340 e. The molecular formula is C20H20F3N5O. The quantitative estimate of drug-likeness (QED) is 0.681. The normalized spacial score (nSPS) is 15.1. The zero-order valence-electron chi connectivity index (χ0n) is 16.0. The second kappa shape index (κ2) is 7.46. The van der Waals surface area contributed by atoms with Crippen LogP contribution in [0.2, 0.25) is 0 Å². The molecule has 0 radical (unpaired) electrons. The Morgan fingerprint density at radius 3 is 2.62 bits per heavy atom. The van der Waals surface area contributed by atoms with Crippen LogP contribution in [0.15, 0.2) is 24.5 Å². The molecule has 2 aromatic heterocycles. The molecule has 1 aromatic carbocycles. The number of rotatable bonds is 6. The highest BCUT2D eigenvalue weighted by Crippen LogP contribution is 2.42. The van der Waals surface area contributed by atoms with E-state index in [9.17, 15) is 18.0 Å². The summed E-state index contributed by atoms with van der Waals surface area (Å²) in [5.74, 6) is -0.723. The van der Waals surface area contributed by atoms with E-state index in [2.05, 4.69) is 20.3 Å². The van der Waals surface area contributed by atoms with Crippen molar-refractivity contribution < 1.29 is 18.0 Å². The van der Waals surface area contributed by atoms with Gasteiger partial charge in [-0.2, -0.15) is 0 Å². The van der Waals surface area contributed by atoms with E-state index in [1.54, 1.807) is 19.9 Å². The molecule has 1 N–H and O–H groups in total. The minimum atomic E-state index is -2.64. The smallest absolute Gasteiger partial charge is 0.272 e. The van der Waals surface area contributed by atoms with Crippen molar-refractivity contribution in [1.82, 2.24) is 24.8 Å².